The maximum absolute atomic E-state index is 12.0. The van der Waals surface area contributed by atoms with E-state index in [4.69, 9.17) is 42.6 Å². The number of carbonyl (C=O) groups is 1. The second kappa shape index (κ2) is 34.4. The van der Waals surface area contributed by atoms with Crippen LogP contribution in [0.4, 0.5) is 0 Å². The molecule has 1 unspecified atom stereocenters. The molecule has 10 nitrogen and oxygen atoms in total. The topological polar surface area (TPSA) is 100 Å². The van der Waals surface area contributed by atoms with Gasteiger partial charge in [-0.05, 0) is 19.3 Å². The van der Waals surface area contributed by atoms with E-state index in [-0.39, 0.29) is 18.5 Å². The summed E-state index contributed by atoms with van der Waals surface area (Å²) in [4.78, 5) is 12.0. The molecule has 0 aliphatic heterocycles. The fourth-order valence-corrected chi connectivity index (χ4v) is 3.53. The molecule has 0 N–H and O–H groups in total. The minimum Gasteiger partial charge on any atom is -0.463 e. The zero-order valence-corrected chi connectivity index (χ0v) is 25.8. The SMILES string of the molecule is CCCCCCOCCOCCOCCOCCOCCOCCOCCOCCOC(=O)C(CC)CCCC. The van der Waals surface area contributed by atoms with Crippen molar-refractivity contribution in [2.24, 2.45) is 5.92 Å². The number of unbranched alkanes of at least 4 members (excludes halogenated alkanes) is 4. The van der Waals surface area contributed by atoms with Gasteiger partial charge in [-0.3, -0.25) is 4.79 Å². The van der Waals surface area contributed by atoms with Gasteiger partial charge in [-0.15, -0.1) is 0 Å². The lowest BCUT2D eigenvalue weighted by Gasteiger charge is -2.13. The molecule has 40 heavy (non-hydrogen) atoms. The van der Waals surface area contributed by atoms with E-state index in [0.717, 1.165) is 38.7 Å². The molecular weight excluding hydrogens is 520 g/mol. The van der Waals surface area contributed by atoms with Crippen LogP contribution in [0.15, 0.2) is 0 Å². The lowest BCUT2D eigenvalue weighted by atomic mass is 10.00. The highest BCUT2D eigenvalue weighted by Crippen LogP contribution is 2.14. The lowest BCUT2D eigenvalue weighted by Crippen LogP contribution is -2.20. The number of rotatable bonds is 34. The minimum absolute atomic E-state index is 0.00388. The van der Waals surface area contributed by atoms with E-state index in [2.05, 4.69) is 13.8 Å². The van der Waals surface area contributed by atoms with Crippen molar-refractivity contribution in [3.63, 3.8) is 0 Å². The fourth-order valence-electron chi connectivity index (χ4n) is 3.53. The second-order valence-electron chi connectivity index (χ2n) is 9.37. The molecule has 0 aromatic rings. The molecule has 0 saturated heterocycles. The van der Waals surface area contributed by atoms with Crippen molar-refractivity contribution in [1.82, 2.24) is 0 Å². The Labute approximate surface area is 244 Å². The molecule has 0 rings (SSSR count). The van der Waals surface area contributed by atoms with Gasteiger partial charge in [0.2, 0.25) is 0 Å². The largest absolute Gasteiger partial charge is 0.463 e. The maximum atomic E-state index is 12.0. The third-order valence-corrected chi connectivity index (χ3v) is 5.95. The molecule has 0 aliphatic rings. The summed E-state index contributed by atoms with van der Waals surface area (Å²) in [6.45, 7) is 15.3. The fraction of sp³-hybridized carbons (Fsp3) is 0.967. The van der Waals surface area contributed by atoms with Crippen LogP contribution in [-0.2, 0) is 47.4 Å². The molecule has 0 spiro atoms. The van der Waals surface area contributed by atoms with E-state index in [9.17, 15) is 4.79 Å². The first-order valence-corrected chi connectivity index (χ1v) is 15.5. The Bertz CT molecular complexity index is 495. The first-order valence-electron chi connectivity index (χ1n) is 15.5. The average Bonchev–Trinajstić information content (AvgIpc) is 2.96. The summed E-state index contributed by atoms with van der Waals surface area (Å²) < 4.78 is 49.1. The number of carbonyl (C=O) groups excluding carboxylic acids is 1. The highest BCUT2D eigenvalue weighted by Gasteiger charge is 2.16. The van der Waals surface area contributed by atoms with Gasteiger partial charge in [0.05, 0.1) is 105 Å². The van der Waals surface area contributed by atoms with E-state index < -0.39 is 0 Å². The Balaban J connectivity index is 3.15. The first-order chi connectivity index (χ1) is 19.8. The summed E-state index contributed by atoms with van der Waals surface area (Å²) in [7, 11) is 0. The monoisotopic (exact) mass is 580 g/mol. The van der Waals surface area contributed by atoms with Crippen molar-refractivity contribution in [2.45, 2.75) is 72.1 Å². The molecule has 0 bridgehead atoms. The van der Waals surface area contributed by atoms with Crippen molar-refractivity contribution in [3.05, 3.63) is 0 Å². The van der Waals surface area contributed by atoms with Crippen LogP contribution in [0.1, 0.15) is 72.1 Å². The normalized spacial score (nSPS) is 12.2. The molecule has 0 fully saturated rings. The number of hydrogen-bond donors (Lipinski definition) is 0. The standard InChI is InChI=1S/C30H60O10/c1-4-7-9-10-12-32-13-14-33-15-16-34-17-18-35-19-20-36-21-22-37-23-24-38-25-26-39-27-28-40-30(31)29(6-3)11-8-5-2/h29H,4-28H2,1-3H3. The van der Waals surface area contributed by atoms with Gasteiger partial charge in [0.25, 0.3) is 0 Å². The predicted molar refractivity (Wildman–Crippen MR) is 155 cm³/mol. The van der Waals surface area contributed by atoms with Crippen LogP contribution in [0, 0.1) is 5.92 Å². The molecule has 240 valence electrons. The number of ether oxygens (including phenoxy) is 9. The Morgan fingerprint density at radius 1 is 0.425 bits per heavy atom. The van der Waals surface area contributed by atoms with E-state index in [0.29, 0.717) is 99.1 Å². The average molecular weight is 581 g/mol. The van der Waals surface area contributed by atoms with Crippen LogP contribution < -0.4 is 0 Å². The summed E-state index contributed by atoms with van der Waals surface area (Å²) in [5.41, 5.74) is 0. The number of esters is 1. The molecular formula is C30H60O10. The Morgan fingerprint density at radius 3 is 1.12 bits per heavy atom. The van der Waals surface area contributed by atoms with Crippen LogP contribution in [0.5, 0.6) is 0 Å². The summed E-state index contributed by atoms with van der Waals surface area (Å²) in [6.07, 6.45) is 8.75. The summed E-state index contributed by atoms with van der Waals surface area (Å²) in [6, 6.07) is 0. The molecule has 0 radical (unpaired) electrons. The highest BCUT2D eigenvalue weighted by molar-refractivity contribution is 5.72. The van der Waals surface area contributed by atoms with Crippen LogP contribution >= 0.6 is 0 Å². The van der Waals surface area contributed by atoms with Gasteiger partial charge in [0.1, 0.15) is 6.61 Å². The van der Waals surface area contributed by atoms with E-state index in [1.54, 1.807) is 0 Å². The maximum Gasteiger partial charge on any atom is 0.308 e. The summed E-state index contributed by atoms with van der Waals surface area (Å²) >= 11 is 0. The zero-order chi connectivity index (χ0) is 29.2. The van der Waals surface area contributed by atoms with Gasteiger partial charge in [0, 0.05) is 6.61 Å². The van der Waals surface area contributed by atoms with Gasteiger partial charge < -0.3 is 42.6 Å². The van der Waals surface area contributed by atoms with Crippen LogP contribution in [-0.4, -0.2) is 118 Å². The third-order valence-electron chi connectivity index (χ3n) is 5.95. The quantitative estimate of drug-likeness (QED) is 0.0801. The van der Waals surface area contributed by atoms with Crippen LogP contribution in [0.3, 0.4) is 0 Å². The second-order valence-corrected chi connectivity index (χ2v) is 9.37. The smallest absolute Gasteiger partial charge is 0.308 e. The zero-order valence-electron chi connectivity index (χ0n) is 25.8. The van der Waals surface area contributed by atoms with Crippen molar-refractivity contribution in [1.29, 1.82) is 0 Å². The van der Waals surface area contributed by atoms with Crippen molar-refractivity contribution >= 4 is 5.97 Å². The molecule has 10 heteroatoms. The molecule has 1 atom stereocenters. The predicted octanol–water partition coefficient (Wildman–Crippen LogP) is 4.46. The van der Waals surface area contributed by atoms with Gasteiger partial charge in [-0.1, -0.05) is 52.9 Å². The number of hydrogen-bond acceptors (Lipinski definition) is 10. The van der Waals surface area contributed by atoms with Crippen molar-refractivity contribution in [3.8, 4) is 0 Å². The molecule has 0 aromatic heterocycles. The lowest BCUT2D eigenvalue weighted by molar-refractivity contribution is -0.150. The summed E-state index contributed by atoms with van der Waals surface area (Å²) in [5, 5.41) is 0. The van der Waals surface area contributed by atoms with Crippen molar-refractivity contribution in [2.75, 3.05) is 112 Å². The van der Waals surface area contributed by atoms with Gasteiger partial charge in [-0.2, -0.15) is 0 Å². The van der Waals surface area contributed by atoms with E-state index in [1.165, 1.54) is 19.3 Å². The Morgan fingerprint density at radius 2 is 0.775 bits per heavy atom. The van der Waals surface area contributed by atoms with Crippen LogP contribution in [0.25, 0.3) is 0 Å². The molecule has 0 aliphatic carbocycles. The highest BCUT2D eigenvalue weighted by atomic mass is 16.6. The summed E-state index contributed by atoms with van der Waals surface area (Å²) in [5.74, 6) is -0.110. The Kier molecular flexibility index (Phi) is 33.6. The minimum atomic E-state index is -0.114. The Hall–Kier alpha value is -0.850. The first kappa shape index (κ1) is 39.1. The van der Waals surface area contributed by atoms with Gasteiger partial charge in [0.15, 0.2) is 0 Å². The van der Waals surface area contributed by atoms with Crippen LogP contribution in [0.2, 0.25) is 0 Å². The van der Waals surface area contributed by atoms with E-state index >= 15 is 0 Å². The van der Waals surface area contributed by atoms with E-state index in [1.807, 2.05) is 6.92 Å². The molecule has 0 heterocycles. The molecule has 0 aromatic carbocycles. The third kappa shape index (κ3) is 30.1. The molecule has 0 saturated carbocycles. The van der Waals surface area contributed by atoms with Gasteiger partial charge >= 0.3 is 5.97 Å². The van der Waals surface area contributed by atoms with Gasteiger partial charge in [-0.25, -0.2) is 0 Å². The molecule has 0 amide bonds. The van der Waals surface area contributed by atoms with Crippen molar-refractivity contribution < 1.29 is 47.4 Å².